The molecule has 0 bridgehead atoms. The van der Waals surface area contributed by atoms with Gasteiger partial charge in [0.1, 0.15) is 11.6 Å². The number of hydrogen-bond donors (Lipinski definition) is 0. The summed E-state index contributed by atoms with van der Waals surface area (Å²) in [6.45, 7) is 5.89. The lowest BCUT2D eigenvalue weighted by Gasteiger charge is -2.12. The van der Waals surface area contributed by atoms with Gasteiger partial charge in [0, 0.05) is 18.3 Å². The maximum absolute atomic E-state index is 12.1. The molecule has 0 spiro atoms. The largest absolute Gasteiger partial charge is 0.315 e. The van der Waals surface area contributed by atoms with Gasteiger partial charge < -0.3 is 4.57 Å². The molecule has 0 amide bonds. The third-order valence-corrected chi connectivity index (χ3v) is 3.45. The van der Waals surface area contributed by atoms with Gasteiger partial charge in [0.25, 0.3) is 5.56 Å². The van der Waals surface area contributed by atoms with Crippen molar-refractivity contribution in [3.63, 3.8) is 0 Å². The van der Waals surface area contributed by atoms with Crippen LogP contribution in [-0.4, -0.2) is 4.57 Å². The van der Waals surface area contributed by atoms with E-state index in [-0.39, 0.29) is 11.1 Å². The van der Waals surface area contributed by atoms with Gasteiger partial charge in [-0.3, -0.25) is 4.79 Å². The van der Waals surface area contributed by atoms with Crippen LogP contribution < -0.4 is 5.56 Å². The summed E-state index contributed by atoms with van der Waals surface area (Å²) < 4.78 is 1.51. The molecule has 0 fully saturated rings. The lowest BCUT2D eigenvalue weighted by Crippen LogP contribution is -2.22. The summed E-state index contributed by atoms with van der Waals surface area (Å²) in [5, 5.41) is 9.26. The third kappa shape index (κ3) is 2.17. The van der Waals surface area contributed by atoms with Crippen LogP contribution in [0, 0.1) is 32.1 Å². The highest BCUT2D eigenvalue weighted by Crippen LogP contribution is 2.26. The van der Waals surface area contributed by atoms with Crippen LogP contribution in [0.4, 0.5) is 0 Å². The van der Waals surface area contributed by atoms with E-state index >= 15 is 0 Å². The number of pyridine rings is 1. The Kier molecular flexibility index (Phi) is 3.26. The van der Waals surface area contributed by atoms with Crippen LogP contribution >= 0.6 is 0 Å². The monoisotopic (exact) mass is 252 g/mol. The van der Waals surface area contributed by atoms with Crippen LogP contribution in [0.25, 0.3) is 11.1 Å². The lowest BCUT2D eigenvalue weighted by molar-refractivity contribution is 0.815. The average Bonchev–Trinajstić information content (AvgIpc) is 2.36. The molecule has 0 saturated carbocycles. The standard InChI is InChI=1S/C16H16N2O/c1-10-5-6-13(11(2)7-10)14-8-12(3)18(4)16(19)15(14)9-17/h5-8H,1-4H3. The first-order chi connectivity index (χ1) is 8.95. The van der Waals surface area contributed by atoms with Crippen LogP contribution in [0.3, 0.4) is 0 Å². The van der Waals surface area contributed by atoms with E-state index in [1.165, 1.54) is 10.1 Å². The molecule has 3 heteroatoms. The summed E-state index contributed by atoms with van der Waals surface area (Å²) in [4.78, 5) is 12.1. The molecule has 0 aliphatic heterocycles. The predicted octanol–water partition coefficient (Wildman–Crippen LogP) is 2.85. The van der Waals surface area contributed by atoms with Crippen molar-refractivity contribution < 1.29 is 0 Å². The Morgan fingerprint density at radius 2 is 1.79 bits per heavy atom. The Morgan fingerprint density at radius 3 is 2.37 bits per heavy atom. The molecule has 1 aromatic heterocycles. The first-order valence-electron chi connectivity index (χ1n) is 6.14. The van der Waals surface area contributed by atoms with Crippen molar-refractivity contribution in [2.45, 2.75) is 20.8 Å². The smallest absolute Gasteiger partial charge is 0.269 e. The molecular weight excluding hydrogens is 236 g/mol. The second-order valence-electron chi connectivity index (χ2n) is 4.87. The Morgan fingerprint density at radius 1 is 1.11 bits per heavy atom. The minimum atomic E-state index is -0.238. The fraction of sp³-hybridized carbons (Fsp3) is 0.250. The minimum Gasteiger partial charge on any atom is -0.315 e. The summed E-state index contributed by atoms with van der Waals surface area (Å²) >= 11 is 0. The van der Waals surface area contributed by atoms with E-state index in [0.717, 1.165) is 22.4 Å². The maximum atomic E-state index is 12.1. The van der Waals surface area contributed by atoms with Crippen molar-refractivity contribution in [2.75, 3.05) is 0 Å². The zero-order valence-corrected chi connectivity index (χ0v) is 11.6. The quantitative estimate of drug-likeness (QED) is 0.783. The number of rotatable bonds is 1. The molecule has 1 heterocycles. The summed E-state index contributed by atoms with van der Waals surface area (Å²) in [6.07, 6.45) is 0. The SMILES string of the molecule is Cc1ccc(-c2cc(C)n(C)c(=O)c2C#N)c(C)c1. The van der Waals surface area contributed by atoms with Gasteiger partial charge in [-0.25, -0.2) is 0 Å². The summed E-state index contributed by atoms with van der Waals surface area (Å²) in [7, 11) is 1.68. The molecule has 2 rings (SSSR count). The summed E-state index contributed by atoms with van der Waals surface area (Å²) in [5.74, 6) is 0. The van der Waals surface area contributed by atoms with Crippen LogP contribution in [0.5, 0.6) is 0 Å². The summed E-state index contributed by atoms with van der Waals surface area (Å²) in [5.41, 5.74) is 4.73. The molecule has 3 nitrogen and oxygen atoms in total. The first-order valence-corrected chi connectivity index (χ1v) is 6.14. The van der Waals surface area contributed by atoms with Gasteiger partial charge in [-0.15, -0.1) is 0 Å². The number of aromatic nitrogens is 1. The predicted molar refractivity (Wildman–Crippen MR) is 76.0 cm³/mol. The first kappa shape index (κ1) is 13.1. The second kappa shape index (κ2) is 4.74. The van der Waals surface area contributed by atoms with E-state index in [1.54, 1.807) is 7.05 Å². The highest BCUT2D eigenvalue weighted by molar-refractivity contribution is 5.73. The van der Waals surface area contributed by atoms with Crippen LogP contribution in [-0.2, 0) is 7.05 Å². The number of hydrogen-bond acceptors (Lipinski definition) is 2. The highest BCUT2D eigenvalue weighted by Gasteiger charge is 2.13. The van der Waals surface area contributed by atoms with Crippen molar-refractivity contribution in [3.05, 3.63) is 57.0 Å². The molecule has 0 N–H and O–H groups in total. The van der Waals surface area contributed by atoms with E-state index in [9.17, 15) is 10.1 Å². The molecule has 2 aromatic rings. The zero-order valence-electron chi connectivity index (χ0n) is 11.6. The average molecular weight is 252 g/mol. The molecule has 0 radical (unpaired) electrons. The summed E-state index contributed by atoms with van der Waals surface area (Å²) in [6, 6.07) is 9.97. The van der Waals surface area contributed by atoms with Gasteiger partial charge in [0.2, 0.25) is 0 Å². The normalized spacial score (nSPS) is 10.3. The number of nitriles is 1. The van der Waals surface area contributed by atoms with E-state index in [4.69, 9.17) is 0 Å². The van der Waals surface area contributed by atoms with Gasteiger partial charge in [-0.1, -0.05) is 23.8 Å². The van der Waals surface area contributed by atoms with Crippen molar-refractivity contribution >= 4 is 0 Å². The molecule has 0 atom stereocenters. The number of benzene rings is 1. The van der Waals surface area contributed by atoms with Gasteiger partial charge in [-0.05, 0) is 38.0 Å². The van der Waals surface area contributed by atoms with Crippen molar-refractivity contribution in [3.8, 4) is 17.2 Å². The van der Waals surface area contributed by atoms with Crippen LogP contribution in [0.1, 0.15) is 22.4 Å². The van der Waals surface area contributed by atoms with Crippen LogP contribution in [0.2, 0.25) is 0 Å². The third-order valence-electron chi connectivity index (χ3n) is 3.45. The lowest BCUT2D eigenvalue weighted by atomic mass is 9.95. The van der Waals surface area contributed by atoms with E-state index < -0.39 is 0 Å². The Labute approximate surface area is 112 Å². The van der Waals surface area contributed by atoms with Gasteiger partial charge in [-0.2, -0.15) is 5.26 Å². The fourth-order valence-corrected chi connectivity index (χ4v) is 2.26. The maximum Gasteiger partial charge on any atom is 0.269 e. The van der Waals surface area contributed by atoms with E-state index in [2.05, 4.69) is 6.07 Å². The molecule has 0 saturated heterocycles. The zero-order chi connectivity index (χ0) is 14.2. The van der Waals surface area contributed by atoms with Crippen molar-refractivity contribution in [1.29, 1.82) is 5.26 Å². The van der Waals surface area contributed by atoms with Crippen molar-refractivity contribution in [2.24, 2.45) is 7.05 Å². The molecule has 19 heavy (non-hydrogen) atoms. The van der Waals surface area contributed by atoms with Gasteiger partial charge in [0.15, 0.2) is 0 Å². The number of aryl methyl sites for hydroxylation is 3. The minimum absolute atomic E-state index is 0.208. The molecule has 0 unspecified atom stereocenters. The molecule has 0 aliphatic carbocycles. The Hall–Kier alpha value is -2.34. The topological polar surface area (TPSA) is 45.8 Å². The highest BCUT2D eigenvalue weighted by atomic mass is 16.1. The van der Waals surface area contributed by atoms with Crippen molar-refractivity contribution in [1.82, 2.24) is 4.57 Å². The molecular formula is C16H16N2O. The fourth-order valence-electron chi connectivity index (χ4n) is 2.26. The second-order valence-corrected chi connectivity index (χ2v) is 4.87. The van der Waals surface area contributed by atoms with Gasteiger partial charge >= 0.3 is 0 Å². The van der Waals surface area contributed by atoms with E-state index in [1.807, 2.05) is 45.0 Å². The molecule has 1 aromatic carbocycles. The van der Waals surface area contributed by atoms with Crippen LogP contribution in [0.15, 0.2) is 29.1 Å². The Bertz CT molecular complexity index is 749. The Balaban J connectivity index is 2.83. The number of nitrogens with zero attached hydrogens (tertiary/aromatic N) is 2. The van der Waals surface area contributed by atoms with Gasteiger partial charge in [0.05, 0.1) is 0 Å². The molecule has 0 aliphatic rings. The van der Waals surface area contributed by atoms with E-state index in [0.29, 0.717) is 0 Å². The molecule has 96 valence electrons.